The number of esters is 1. The van der Waals surface area contributed by atoms with Gasteiger partial charge in [0.2, 0.25) is 11.8 Å². The highest BCUT2D eigenvalue weighted by atomic mass is 32.2. The molecule has 0 aliphatic rings. The van der Waals surface area contributed by atoms with Gasteiger partial charge in [-0.15, -0.1) is 11.8 Å². The number of oxazole rings is 1. The molecule has 180 valence electrons. The Morgan fingerprint density at radius 1 is 1.08 bits per heavy atom. The van der Waals surface area contributed by atoms with Gasteiger partial charge in [0.15, 0.2) is 0 Å². The molecule has 3 aromatic carbocycles. The van der Waals surface area contributed by atoms with Crippen LogP contribution in [0.2, 0.25) is 0 Å². The highest BCUT2D eigenvalue weighted by molar-refractivity contribution is 8.00. The summed E-state index contributed by atoms with van der Waals surface area (Å²) in [5.41, 5.74) is 2.58. The van der Waals surface area contributed by atoms with Crippen LogP contribution in [0.3, 0.4) is 0 Å². The molecule has 0 saturated heterocycles. The largest absolute Gasteiger partial charge is 0.497 e. The van der Waals surface area contributed by atoms with Gasteiger partial charge in [0.05, 0.1) is 30.1 Å². The van der Waals surface area contributed by atoms with E-state index in [-0.39, 0.29) is 18.3 Å². The standard InChI is InChI=1S/C27H21N3O5S/c1-33-22-11-9-19(10-12-22)26-30-21(15-34-26)16-35-27(32)23-7-2-3-8-24(23)36-17-25(31)29-20-6-4-5-18(13-20)14-28/h2-13,15H,16-17H2,1H3,(H,29,31). The summed E-state index contributed by atoms with van der Waals surface area (Å²) < 4.78 is 16.1. The molecule has 1 aromatic heterocycles. The number of methoxy groups -OCH3 is 1. The van der Waals surface area contributed by atoms with E-state index in [0.29, 0.717) is 33.3 Å². The van der Waals surface area contributed by atoms with Crippen LogP contribution in [0, 0.1) is 11.3 Å². The van der Waals surface area contributed by atoms with Gasteiger partial charge >= 0.3 is 5.97 Å². The van der Waals surface area contributed by atoms with E-state index in [1.165, 1.54) is 18.0 Å². The number of thioether (sulfide) groups is 1. The number of hydrogen-bond acceptors (Lipinski definition) is 8. The van der Waals surface area contributed by atoms with Crippen LogP contribution in [0.5, 0.6) is 5.75 Å². The lowest BCUT2D eigenvalue weighted by Crippen LogP contribution is -2.14. The van der Waals surface area contributed by atoms with Crippen LogP contribution in [0.4, 0.5) is 5.69 Å². The first-order valence-electron chi connectivity index (χ1n) is 10.8. The summed E-state index contributed by atoms with van der Waals surface area (Å²) in [5, 5.41) is 11.7. The van der Waals surface area contributed by atoms with Crippen molar-refractivity contribution in [2.75, 3.05) is 18.2 Å². The van der Waals surface area contributed by atoms with Crippen molar-refractivity contribution in [2.45, 2.75) is 11.5 Å². The maximum atomic E-state index is 12.8. The Balaban J connectivity index is 1.34. The third-order valence-corrected chi connectivity index (χ3v) is 6.05. The molecule has 0 saturated carbocycles. The number of nitrogens with one attached hydrogen (secondary N) is 1. The Hall–Kier alpha value is -4.55. The van der Waals surface area contributed by atoms with Crippen molar-refractivity contribution in [3.63, 3.8) is 0 Å². The highest BCUT2D eigenvalue weighted by Crippen LogP contribution is 2.25. The SMILES string of the molecule is COc1ccc(-c2nc(COC(=O)c3ccccc3SCC(=O)Nc3cccc(C#N)c3)co2)cc1. The van der Waals surface area contributed by atoms with Crippen molar-refractivity contribution >= 4 is 29.3 Å². The van der Waals surface area contributed by atoms with E-state index in [9.17, 15) is 9.59 Å². The predicted molar refractivity (Wildman–Crippen MR) is 135 cm³/mol. The van der Waals surface area contributed by atoms with Gasteiger partial charge in [-0.3, -0.25) is 4.79 Å². The smallest absolute Gasteiger partial charge is 0.339 e. The van der Waals surface area contributed by atoms with Gasteiger partial charge in [-0.05, 0) is 54.6 Å². The van der Waals surface area contributed by atoms with Gasteiger partial charge < -0.3 is 19.2 Å². The Kier molecular flexibility index (Phi) is 8.01. The van der Waals surface area contributed by atoms with E-state index < -0.39 is 5.97 Å². The van der Waals surface area contributed by atoms with Crippen LogP contribution in [0.25, 0.3) is 11.5 Å². The molecular weight excluding hydrogens is 478 g/mol. The van der Waals surface area contributed by atoms with Crippen LogP contribution >= 0.6 is 11.8 Å². The summed E-state index contributed by atoms with van der Waals surface area (Å²) in [6.07, 6.45) is 1.44. The Morgan fingerprint density at radius 2 is 1.89 bits per heavy atom. The minimum absolute atomic E-state index is 0.0623. The quantitative estimate of drug-likeness (QED) is 0.243. The summed E-state index contributed by atoms with van der Waals surface area (Å²) in [7, 11) is 1.59. The van der Waals surface area contributed by atoms with E-state index in [1.54, 1.807) is 67.8 Å². The number of benzene rings is 3. The molecule has 0 aliphatic heterocycles. The van der Waals surface area contributed by atoms with Gasteiger partial charge in [-0.1, -0.05) is 18.2 Å². The molecule has 1 N–H and O–H groups in total. The molecule has 4 rings (SSSR count). The third kappa shape index (κ3) is 6.31. The number of carbonyl (C=O) groups excluding carboxylic acids is 2. The molecule has 1 amide bonds. The fourth-order valence-corrected chi connectivity index (χ4v) is 4.07. The second kappa shape index (κ2) is 11.7. The zero-order valence-corrected chi connectivity index (χ0v) is 20.1. The predicted octanol–water partition coefficient (Wildman–Crippen LogP) is 5.31. The summed E-state index contributed by atoms with van der Waals surface area (Å²) >= 11 is 1.22. The summed E-state index contributed by atoms with van der Waals surface area (Å²) in [6.45, 7) is -0.0623. The van der Waals surface area contributed by atoms with E-state index in [4.69, 9.17) is 19.2 Å². The second-order valence-corrected chi connectivity index (χ2v) is 8.49. The molecule has 0 fully saturated rings. The number of ether oxygens (including phenoxy) is 2. The van der Waals surface area contributed by atoms with Crippen molar-refractivity contribution in [2.24, 2.45) is 0 Å². The number of aromatic nitrogens is 1. The number of anilines is 1. The van der Waals surface area contributed by atoms with Crippen LogP contribution in [0.1, 0.15) is 21.6 Å². The summed E-state index contributed by atoms with van der Waals surface area (Å²) in [5.74, 6) is 0.420. The highest BCUT2D eigenvalue weighted by Gasteiger charge is 2.16. The van der Waals surface area contributed by atoms with Gasteiger partial charge in [0.1, 0.15) is 24.3 Å². The van der Waals surface area contributed by atoms with Crippen molar-refractivity contribution < 1.29 is 23.5 Å². The molecule has 0 radical (unpaired) electrons. The molecule has 0 spiro atoms. The van der Waals surface area contributed by atoms with Gasteiger partial charge in [0.25, 0.3) is 0 Å². The summed E-state index contributed by atoms with van der Waals surface area (Å²) in [6, 6.07) is 22.9. The molecule has 0 atom stereocenters. The Labute approximate surface area is 211 Å². The molecular formula is C27H21N3O5S. The number of nitriles is 1. The lowest BCUT2D eigenvalue weighted by molar-refractivity contribution is -0.113. The molecule has 0 aliphatic carbocycles. The number of hydrogen-bond donors (Lipinski definition) is 1. The van der Waals surface area contributed by atoms with Crippen molar-refractivity contribution in [3.05, 3.63) is 95.9 Å². The summed E-state index contributed by atoms with van der Waals surface area (Å²) in [4.78, 5) is 30.1. The van der Waals surface area contributed by atoms with E-state index in [2.05, 4.69) is 10.3 Å². The topological polar surface area (TPSA) is 114 Å². The zero-order valence-electron chi connectivity index (χ0n) is 19.3. The fourth-order valence-electron chi connectivity index (χ4n) is 3.22. The molecule has 0 unspecified atom stereocenters. The lowest BCUT2D eigenvalue weighted by atomic mass is 10.2. The first-order valence-corrected chi connectivity index (χ1v) is 11.8. The number of carbonyl (C=O) groups is 2. The van der Waals surface area contributed by atoms with Crippen LogP contribution < -0.4 is 10.1 Å². The number of rotatable bonds is 9. The molecule has 0 bridgehead atoms. The van der Waals surface area contributed by atoms with Gasteiger partial charge in [-0.2, -0.15) is 5.26 Å². The molecule has 8 nitrogen and oxygen atoms in total. The van der Waals surface area contributed by atoms with Crippen LogP contribution in [-0.2, 0) is 16.1 Å². The first kappa shape index (κ1) is 24.6. The number of nitrogens with zero attached hydrogens (tertiary/aromatic N) is 2. The van der Waals surface area contributed by atoms with Gasteiger partial charge in [0, 0.05) is 16.1 Å². The second-order valence-electron chi connectivity index (χ2n) is 7.47. The number of amides is 1. The van der Waals surface area contributed by atoms with E-state index >= 15 is 0 Å². The Morgan fingerprint density at radius 3 is 2.67 bits per heavy atom. The maximum Gasteiger partial charge on any atom is 0.339 e. The van der Waals surface area contributed by atoms with Gasteiger partial charge in [-0.25, -0.2) is 9.78 Å². The maximum absolute atomic E-state index is 12.8. The normalized spacial score (nSPS) is 10.3. The molecule has 36 heavy (non-hydrogen) atoms. The average Bonchev–Trinajstić information content (AvgIpc) is 3.40. The third-order valence-electron chi connectivity index (χ3n) is 4.98. The van der Waals surface area contributed by atoms with Crippen molar-refractivity contribution in [1.29, 1.82) is 5.26 Å². The molecule has 9 heteroatoms. The van der Waals surface area contributed by atoms with Crippen LogP contribution in [-0.4, -0.2) is 29.7 Å². The van der Waals surface area contributed by atoms with Crippen LogP contribution in [0.15, 0.2) is 88.4 Å². The minimum Gasteiger partial charge on any atom is -0.497 e. The van der Waals surface area contributed by atoms with Crippen molar-refractivity contribution in [1.82, 2.24) is 4.98 Å². The molecule has 1 heterocycles. The lowest BCUT2D eigenvalue weighted by Gasteiger charge is -2.09. The monoisotopic (exact) mass is 499 g/mol. The zero-order chi connectivity index (χ0) is 25.3. The van der Waals surface area contributed by atoms with Crippen molar-refractivity contribution in [3.8, 4) is 23.3 Å². The minimum atomic E-state index is -0.533. The average molecular weight is 500 g/mol. The molecule has 4 aromatic rings. The van der Waals surface area contributed by atoms with E-state index in [0.717, 1.165) is 11.3 Å². The first-order chi connectivity index (χ1) is 17.6. The Bertz CT molecular complexity index is 1410. The van der Waals surface area contributed by atoms with E-state index in [1.807, 2.05) is 18.2 Å². The fraction of sp³-hybridized carbons (Fsp3) is 0.111.